The lowest BCUT2D eigenvalue weighted by atomic mass is 10.4. The average Bonchev–Trinajstić information content (AvgIpc) is 2.01. The van der Waals surface area contributed by atoms with Gasteiger partial charge in [-0.25, -0.2) is 4.79 Å². The predicted molar refractivity (Wildman–Crippen MR) is 46.7 cm³/mol. The highest BCUT2D eigenvalue weighted by Gasteiger charge is 1.97. The summed E-state index contributed by atoms with van der Waals surface area (Å²) < 4.78 is 4.79. The molecule has 11 heavy (non-hydrogen) atoms. The molecule has 65 valence electrons. The lowest BCUT2D eigenvalue weighted by Gasteiger charge is -2.03. The van der Waals surface area contributed by atoms with Gasteiger partial charge < -0.3 is 10.1 Å². The van der Waals surface area contributed by atoms with Gasteiger partial charge in [0, 0.05) is 12.3 Å². The second kappa shape index (κ2) is 7.72. The maximum absolute atomic E-state index is 10.7. The van der Waals surface area contributed by atoms with Gasteiger partial charge in [-0.2, -0.15) is 0 Å². The van der Waals surface area contributed by atoms with E-state index in [0.29, 0.717) is 18.9 Å². The molecule has 0 bridgehead atoms. The first-order valence-electron chi connectivity index (χ1n) is 3.80. The van der Waals surface area contributed by atoms with Gasteiger partial charge in [0.2, 0.25) is 0 Å². The Bertz CT molecular complexity index is 109. The lowest BCUT2D eigenvalue weighted by molar-refractivity contribution is 0.145. The topological polar surface area (TPSA) is 38.3 Å². The highest BCUT2D eigenvalue weighted by atomic mass is 32.1. The van der Waals surface area contributed by atoms with Crippen LogP contribution in [0.1, 0.15) is 19.8 Å². The quantitative estimate of drug-likeness (QED) is 0.648. The normalized spacial score (nSPS) is 9.27. The van der Waals surface area contributed by atoms with Crippen molar-refractivity contribution < 1.29 is 9.53 Å². The van der Waals surface area contributed by atoms with Crippen LogP contribution in [-0.2, 0) is 4.74 Å². The Morgan fingerprint density at radius 2 is 2.36 bits per heavy atom. The Morgan fingerprint density at radius 3 is 2.91 bits per heavy atom. The van der Waals surface area contributed by atoms with E-state index in [1.165, 1.54) is 0 Å². The van der Waals surface area contributed by atoms with Gasteiger partial charge in [-0.3, -0.25) is 0 Å². The molecule has 0 rings (SSSR count). The molecule has 1 radical (unpaired) electrons. The van der Waals surface area contributed by atoms with Crippen molar-refractivity contribution in [2.75, 3.05) is 18.9 Å². The van der Waals surface area contributed by atoms with Crippen LogP contribution in [-0.4, -0.2) is 25.0 Å². The van der Waals surface area contributed by atoms with Gasteiger partial charge in [0.05, 0.1) is 6.61 Å². The molecule has 0 heterocycles. The Hall–Kier alpha value is -0.380. The van der Waals surface area contributed by atoms with Crippen LogP contribution in [0.2, 0.25) is 0 Å². The van der Waals surface area contributed by atoms with Crippen molar-refractivity contribution in [3.8, 4) is 0 Å². The van der Waals surface area contributed by atoms with E-state index in [4.69, 9.17) is 4.74 Å². The Morgan fingerprint density at radius 1 is 1.64 bits per heavy atom. The molecule has 0 aromatic heterocycles. The number of unbranched alkanes of at least 4 members (excludes halogenated alkanes) is 1. The van der Waals surface area contributed by atoms with Crippen molar-refractivity contribution in [1.29, 1.82) is 0 Å². The molecule has 0 fully saturated rings. The molecule has 1 amide bonds. The number of carbonyl (C=O) groups is 1. The van der Waals surface area contributed by atoms with E-state index in [0.717, 1.165) is 12.8 Å². The van der Waals surface area contributed by atoms with E-state index in [-0.39, 0.29) is 6.09 Å². The highest BCUT2D eigenvalue weighted by molar-refractivity contribution is 7.80. The van der Waals surface area contributed by atoms with Crippen LogP contribution in [0, 0.1) is 0 Å². The van der Waals surface area contributed by atoms with Crippen LogP contribution in [0.5, 0.6) is 0 Å². The van der Waals surface area contributed by atoms with Crippen LogP contribution >= 0.6 is 12.6 Å². The SMILES string of the molecule is CCCCOC(=O)NCC[S]. The summed E-state index contributed by atoms with van der Waals surface area (Å²) in [5.74, 6) is 0.531. The maximum Gasteiger partial charge on any atom is 0.407 e. The Balaban J connectivity index is 3.09. The molecule has 0 aromatic rings. The van der Waals surface area contributed by atoms with E-state index in [2.05, 4.69) is 17.9 Å². The standard InChI is InChI=1S/C7H14NO2S/c1-2-3-5-10-7(9)8-4-6-11/h2-6H2,1H3,(H,8,9). The number of hydrogen-bond acceptors (Lipinski definition) is 2. The van der Waals surface area contributed by atoms with E-state index in [9.17, 15) is 4.79 Å². The molecule has 0 unspecified atom stereocenters. The maximum atomic E-state index is 10.7. The van der Waals surface area contributed by atoms with Crippen molar-refractivity contribution >= 4 is 18.7 Å². The molecule has 0 spiro atoms. The van der Waals surface area contributed by atoms with Crippen LogP contribution in [0.3, 0.4) is 0 Å². The number of nitrogens with one attached hydrogen (secondary N) is 1. The summed E-state index contributed by atoms with van der Waals surface area (Å²) in [6.07, 6.45) is 1.60. The number of ether oxygens (including phenoxy) is 1. The summed E-state index contributed by atoms with van der Waals surface area (Å²) in [6.45, 7) is 3.06. The zero-order chi connectivity index (χ0) is 8.53. The van der Waals surface area contributed by atoms with Crippen molar-refractivity contribution in [2.24, 2.45) is 0 Å². The van der Waals surface area contributed by atoms with E-state index < -0.39 is 0 Å². The van der Waals surface area contributed by atoms with Crippen molar-refractivity contribution in [3.63, 3.8) is 0 Å². The third-order valence-electron chi connectivity index (χ3n) is 1.10. The molecule has 0 atom stereocenters. The number of carbonyl (C=O) groups excluding carboxylic acids is 1. The molecular weight excluding hydrogens is 162 g/mol. The zero-order valence-corrected chi connectivity index (χ0v) is 7.58. The van der Waals surface area contributed by atoms with E-state index in [1.54, 1.807) is 0 Å². The van der Waals surface area contributed by atoms with Gasteiger partial charge in [0.1, 0.15) is 0 Å². The van der Waals surface area contributed by atoms with Gasteiger partial charge in [-0.15, -0.1) is 0 Å². The molecule has 3 nitrogen and oxygen atoms in total. The average molecular weight is 176 g/mol. The van der Waals surface area contributed by atoms with Gasteiger partial charge in [0.15, 0.2) is 0 Å². The Labute approximate surface area is 72.9 Å². The second-order valence-electron chi connectivity index (χ2n) is 2.12. The number of amides is 1. The summed E-state index contributed by atoms with van der Waals surface area (Å²) in [7, 11) is 0. The van der Waals surface area contributed by atoms with E-state index >= 15 is 0 Å². The molecular formula is C7H14NO2S. The monoisotopic (exact) mass is 176 g/mol. The fourth-order valence-electron chi connectivity index (χ4n) is 0.513. The molecule has 0 aliphatic rings. The van der Waals surface area contributed by atoms with Crippen molar-refractivity contribution in [2.45, 2.75) is 19.8 Å². The summed E-state index contributed by atoms with van der Waals surface area (Å²) in [5.41, 5.74) is 0. The first kappa shape index (κ1) is 10.6. The molecule has 0 aromatic carbocycles. The van der Waals surface area contributed by atoms with Crippen molar-refractivity contribution in [1.82, 2.24) is 5.32 Å². The molecule has 0 saturated carbocycles. The Kier molecular flexibility index (Phi) is 7.46. The third kappa shape index (κ3) is 7.52. The predicted octanol–water partition coefficient (Wildman–Crippen LogP) is 1.71. The highest BCUT2D eigenvalue weighted by Crippen LogP contribution is 1.87. The van der Waals surface area contributed by atoms with E-state index in [1.807, 2.05) is 6.92 Å². The molecule has 0 aliphatic heterocycles. The van der Waals surface area contributed by atoms with Crippen LogP contribution in [0.15, 0.2) is 0 Å². The minimum absolute atomic E-state index is 0.358. The number of hydrogen-bond donors (Lipinski definition) is 1. The smallest absolute Gasteiger partial charge is 0.407 e. The molecule has 4 heteroatoms. The van der Waals surface area contributed by atoms with Crippen molar-refractivity contribution in [3.05, 3.63) is 0 Å². The fraction of sp³-hybridized carbons (Fsp3) is 0.857. The largest absolute Gasteiger partial charge is 0.450 e. The number of alkyl carbamates (subject to hydrolysis) is 1. The minimum atomic E-state index is -0.358. The summed E-state index contributed by atoms with van der Waals surface area (Å²) in [5, 5.41) is 2.53. The third-order valence-corrected chi connectivity index (χ3v) is 1.31. The summed E-state index contributed by atoms with van der Waals surface area (Å²) in [4.78, 5) is 10.7. The molecule has 1 N–H and O–H groups in total. The van der Waals surface area contributed by atoms with Gasteiger partial charge in [-0.05, 0) is 6.42 Å². The van der Waals surface area contributed by atoms with Gasteiger partial charge >= 0.3 is 6.09 Å². The van der Waals surface area contributed by atoms with Gasteiger partial charge in [0.25, 0.3) is 0 Å². The molecule has 0 aliphatic carbocycles. The first-order valence-corrected chi connectivity index (χ1v) is 4.37. The molecule has 0 saturated heterocycles. The van der Waals surface area contributed by atoms with Crippen LogP contribution < -0.4 is 5.32 Å². The fourth-order valence-corrected chi connectivity index (χ4v) is 0.615. The van der Waals surface area contributed by atoms with Crippen LogP contribution in [0.25, 0.3) is 0 Å². The van der Waals surface area contributed by atoms with Crippen LogP contribution in [0.4, 0.5) is 4.79 Å². The minimum Gasteiger partial charge on any atom is -0.450 e. The lowest BCUT2D eigenvalue weighted by Crippen LogP contribution is -2.26. The first-order chi connectivity index (χ1) is 5.31. The van der Waals surface area contributed by atoms with Gasteiger partial charge in [-0.1, -0.05) is 26.0 Å². The summed E-state index contributed by atoms with van der Waals surface area (Å²) >= 11 is 4.64. The second-order valence-corrected chi connectivity index (χ2v) is 2.53. The zero-order valence-electron chi connectivity index (χ0n) is 6.76. The number of rotatable bonds is 5. The summed E-state index contributed by atoms with van der Waals surface area (Å²) in [6, 6.07) is 0.